The van der Waals surface area contributed by atoms with Crippen LogP contribution in [0.5, 0.6) is 11.5 Å². The monoisotopic (exact) mass is 292 g/mol. The van der Waals surface area contributed by atoms with Gasteiger partial charge in [0.2, 0.25) is 6.10 Å². The molecule has 6 heteroatoms. The fourth-order valence-corrected chi connectivity index (χ4v) is 2.38. The first-order valence-electron chi connectivity index (χ1n) is 6.90. The normalized spacial score (nSPS) is 23.6. The van der Waals surface area contributed by atoms with E-state index in [9.17, 15) is 9.59 Å². The summed E-state index contributed by atoms with van der Waals surface area (Å²) < 4.78 is 21.0. The maximum Gasteiger partial charge on any atom is 0.347 e. The zero-order valence-corrected chi connectivity index (χ0v) is 11.7. The van der Waals surface area contributed by atoms with Crippen LogP contribution in [0.2, 0.25) is 0 Å². The number of carbonyl (C=O) groups is 2. The van der Waals surface area contributed by atoms with E-state index in [1.807, 2.05) is 0 Å². The van der Waals surface area contributed by atoms with E-state index in [0.717, 1.165) is 5.56 Å². The molecule has 0 aliphatic carbocycles. The van der Waals surface area contributed by atoms with Gasteiger partial charge in [-0.25, -0.2) is 4.79 Å². The Labute approximate surface area is 121 Å². The van der Waals surface area contributed by atoms with Gasteiger partial charge in [-0.05, 0) is 24.6 Å². The second kappa shape index (κ2) is 5.63. The second-order valence-corrected chi connectivity index (χ2v) is 5.12. The van der Waals surface area contributed by atoms with E-state index in [1.165, 1.54) is 0 Å². The van der Waals surface area contributed by atoms with Crippen molar-refractivity contribution in [3.05, 3.63) is 23.8 Å². The number of esters is 2. The predicted octanol–water partition coefficient (Wildman–Crippen LogP) is 1.25. The Morgan fingerprint density at radius 3 is 2.76 bits per heavy atom. The molecular weight excluding hydrogens is 276 g/mol. The van der Waals surface area contributed by atoms with E-state index in [0.29, 0.717) is 31.1 Å². The third-order valence-electron chi connectivity index (χ3n) is 3.35. The van der Waals surface area contributed by atoms with Crippen molar-refractivity contribution in [3.8, 4) is 11.5 Å². The molecule has 0 amide bonds. The first-order valence-corrected chi connectivity index (χ1v) is 6.90. The average Bonchev–Trinajstić information content (AvgIpc) is 2.76. The number of hydrogen-bond donors (Lipinski definition) is 0. The molecule has 0 aromatic heterocycles. The number of fused-ring (bicyclic) bond motifs is 1. The highest BCUT2D eigenvalue weighted by Gasteiger charge is 2.34. The van der Waals surface area contributed by atoms with Gasteiger partial charge >= 0.3 is 11.9 Å². The highest BCUT2D eigenvalue weighted by Crippen LogP contribution is 2.31. The van der Waals surface area contributed by atoms with E-state index < -0.39 is 18.0 Å². The van der Waals surface area contributed by atoms with E-state index in [-0.39, 0.29) is 12.5 Å². The van der Waals surface area contributed by atoms with E-state index in [4.69, 9.17) is 18.9 Å². The molecule has 2 aliphatic rings. The average molecular weight is 292 g/mol. The largest absolute Gasteiger partial charge is 0.486 e. The van der Waals surface area contributed by atoms with E-state index in [1.54, 1.807) is 25.1 Å². The van der Waals surface area contributed by atoms with Crippen LogP contribution >= 0.6 is 0 Å². The fraction of sp³-hybridized carbons (Fsp3) is 0.467. The summed E-state index contributed by atoms with van der Waals surface area (Å²) in [6.45, 7) is 2.79. The highest BCUT2D eigenvalue weighted by atomic mass is 16.6. The van der Waals surface area contributed by atoms with Gasteiger partial charge in [0.25, 0.3) is 0 Å². The van der Waals surface area contributed by atoms with Crippen molar-refractivity contribution < 1.29 is 28.5 Å². The first kappa shape index (κ1) is 13.7. The van der Waals surface area contributed by atoms with Gasteiger partial charge in [-0.1, -0.05) is 6.07 Å². The quantitative estimate of drug-likeness (QED) is 0.781. The van der Waals surface area contributed by atoms with Gasteiger partial charge < -0.3 is 18.9 Å². The van der Waals surface area contributed by atoms with Crippen LogP contribution < -0.4 is 9.47 Å². The highest BCUT2D eigenvalue weighted by molar-refractivity contribution is 5.81. The minimum atomic E-state index is -0.787. The van der Waals surface area contributed by atoms with Gasteiger partial charge in [-0.3, -0.25) is 4.79 Å². The van der Waals surface area contributed by atoms with Crippen LogP contribution in [0.15, 0.2) is 18.2 Å². The van der Waals surface area contributed by atoms with Gasteiger partial charge in [-0.2, -0.15) is 0 Å². The van der Waals surface area contributed by atoms with Crippen molar-refractivity contribution in [2.24, 2.45) is 0 Å². The second-order valence-electron chi connectivity index (χ2n) is 5.12. The number of cyclic esters (lactones) is 1. The van der Waals surface area contributed by atoms with Crippen LogP contribution in [-0.4, -0.2) is 37.4 Å². The van der Waals surface area contributed by atoms with Crippen molar-refractivity contribution in [3.63, 3.8) is 0 Å². The van der Waals surface area contributed by atoms with Gasteiger partial charge in [0.1, 0.15) is 19.3 Å². The lowest BCUT2D eigenvalue weighted by atomic mass is 10.1. The summed E-state index contributed by atoms with van der Waals surface area (Å²) in [7, 11) is 0. The zero-order chi connectivity index (χ0) is 14.8. The molecule has 1 fully saturated rings. The lowest BCUT2D eigenvalue weighted by Gasteiger charge is -2.18. The van der Waals surface area contributed by atoms with Crippen molar-refractivity contribution in [1.29, 1.82) is 0 Å². The van der Waals surface area contributed by atoms with Crippen LogP contribution in [0.3, 0.4) is 0 Å². The summed E-state index contributed by atoms with van der Waals surface area (Å²) >= 11 is 0. The summed E-state index contributed by atoms with van der Waals surface area (Å²) in [6, 6.07) is 5.30. The predicted molar refractivity (Wildman–Crippen MR) is 71.2 cm³/mol. The van der Waals surface area contributed by atoms with Gasteiger partial charge in [0.05, 0.1) is 6.42 Å². The molecule has 2 heterocycles. The summed E-state index contributed by atoms with van der Waals surface area (Å²) in [5, 5.41) is 0. The third kappa shape index (κ3) is 3.09. The molecular formula is C15H16O6. The first-order chi connectivity index (χ1) is 10.1. The van der Waals surface area contributed by atoms with Crippen molar-refractivity contribution in [2.45, 2.75) is 32.0 Å². The number of ether oxygens (including phenoxy) is 4. The molecule has 21 heavy (non-hydrogen) atoms. The van der Waals surface area contributed by atoms with Crippen LogP contribution in [0.25, 0.3) is 0 Å². The molecule has 112 valence electrons. The Bertz CT molecular complexity index is 567. The molecule has 1 aromatic rings. The number of hydrogen-bond acceptors (Lipinski definition) is 6. The maximum atomic E-state index is 11.9. The zero-order valence-electron chi connectivity index (χ0n) is 11.7. The van der Waals surface area contributed by atoms with Crippen LogP contribution in [0.1, 0.15) is 18.9 Å². The fourth-order valence-electron chi connectivity index (χ4n) is 2.38. The van der Waals surface area contributed by atoms with Gasteiger partial charge in [-0.15, -0.1) is 0 Å². The minimum absolute atomic E-state index is 0.0782. The molecule has 0 N–H and O–H groups in total. The van der Waals surface area contributed by atoms with Crippen molar-refractivity contribution in [2.75, 3.05) is 13.2 Å². The lowest BCUT2D eigenvalue weighted by Crippen LogP contribution is -2.23. The number of carbonyl (C=O) groups excluding carboxylic acids is 2. The number of rotatable bonds is 3. The molecule has 0 radical (unpaired) electrons. The molecule has 0 bridgehead atoms. The molecule has 3 rings (SSSR count). The molecule has 0 saturated carbocycles. The Balaban J connectivity index is 1.61. The molecule has 1 saturated heterocycles. The molecule has 2 unspecified atom stereocenters. The van der Waals surface area contributed by atoms with E-state index >= 15 is 0 Å². The lowest BCUT2D eigenvalue weighted by molar-refractivity contribution is -0.160. The van der Waals surface area contributed by atoms with E-state index in [2.05, 4.69) is 0 Å². The summed E-state index contributed by atoms with van der Waals surface area (Å²) in [4.78, 5) is 23.3. The van der Waals surface area contributed by atoms with Crippen LogP contribution in [0, 0.1) is 0 Å². The third-order valence-corrected chi connectivity index (χ3v) is 3.35. The SMILES string of the molecule is CC1CC(OC(=O)Cc2ccc3c(c2)OCCO3)C(=O)O1. The summed E-state index contributed by atoms with van der Waals surface area (Å²) in [5.41, 5.74) is 0.753. The Morgan fingerprint density at radius 1 is 1.29 bits per heavy atom. The van der Waals surface area contributed by atoms with Gasteiger partial charge in [0, 0.05) is 6.42 Å². The van der Waals surface area contributed by atoms with Crippen molar-refractivity contribution in [1.82, 2.24) is 0 Å². The van der Waals surface area contributed by atoms with Crippen LogP contribution in [-0.2, 0) is 25.5 Å². The molecule has 2 aliphatic heterocycles. The Hall–Kier alpha value is -2.24. The Morgan fingerprint density at radius 2 is 2.05 bits per heavy atom. The molecule has 2 atom stereocenters. The molecule has 1 aromatic carbocycles. The number of benzene rings is 1. The molecule has 6 nitrogen and oxygen atoms in total. The topological polar surface area (TPSA) is 71.1 Å². The van der Waals surface area contributed by atoms with Crippen molar-refractivity contribution >= 4 is 11.9 Å². The Kier molecular flexibility index (Phi) is 3.68. The van der Waals surface area contributed by atoms with Gasteiger partial charge in [0.15, 0.2) is 11.5 Å². The maximum absolute atomic E-state index is 11.9. The summed E-state index contributed by atoms with van der Waals surface area (Å²) in [6.07, 6.45) is -0.505. The molecule has 0 spiro atoms. The summed E-state index contributed by atoms with van der Waals surface area (Å²) in [5.74, 6) is 0.368. The van der Waals surface area contributed by atoms with Crippen LogP contribution in [0.4, 0.5) is 0 Å². The smallest absolute Gasteiger partial charge is 0.347 e. The standard InChI is InChI=1S/C15H16O6/c1-9-6-13(15(17)20-9)21-14(16)8-10-2-3-11-12(7-10)19-5-4-18-11/h2-3,7,9,13H,4-6,8H2,1H3. The minimum Gasteiger partial charge on any atom is -0.486 e.